The van der Waals surface area contributed by atoms with Gasteiger partial charge in [-0.25, -0.2) is 0 Å². The van der Waals surface area contributed by atoms with Crippen molar-refractivity contribution in [2.24, 2.45) is 0 Å². The molecule has 1 aromatic carbocycles. The van der Waals surface area contributed by atoms with Gasteiger partial charge in [0.25, 0.3) is 0 Å². The van der Waals surface area contributed by atoms with Crippen molar-refractivity contribution in [2.75, 3.05) is 6.61 Å². The van der Waals surface area contributed by atoms with Crippen LogP contribution in [0.5, 0.6) is 11.5 Å². The maximum absolute atomic E-state index is 12.1. The van der Waals surface area contributed by atoms with Gasteiger partial charge in [-0.05, 0) is 24.6 Å². The lowest BCUT2D eigenvalue weighted by Crippen LogP contribution is -2.18. The van der Waals surface area contributed by atoms with E-state index in [2.05, 4.69) is 4.74 Å². The third-order valence-electron chi connectivity index (χ3n) is 1.89. The largest absolute Gasteiger partial charge is 0.573 e. The second kappa shape index (κ2) is 5.61. The van der Waals surface area contributed by atoms with Crippen LogP contribution in [0.1, 0.15) is 12.5 Å². The quantitative estimate of drug-likeness (QED) is 0.888. The molecule has 0 amide bonds. The van der Waals surface area contributed by atoms with Gasteiger partial charge in [-0.3, -0.25) is 4.79 Å². The molecule has 0 radical (unpaired) electrons. The van der Waals surface area contributed by atoms with Gasteiger partial charge < -0.3 is 14.6 Å². The Bertz CT molecular complexity index is 429. The fourth-order valence-electron chi connectivity index (χ4n) is 1.31. The van der Waals surface area contributed by atoms with Crippen LogP contribution in [0.15, 0.2) is 18.2 Å². The Morgan fingerprint density at radius 2 is 2.00 bits per heavy atom. The van der Waals surface area contributed by atoms with Gasteiger partial charge in [0.2, 0.25) is 0 Å². The molecule has 0 heterocycles. The number of ether oxygens (including phenoxy) is 2. The zero-order valence-corrected chi connectivity index (χ0v) is 9.45. The van der Waals surface area contributed by atoms with E-state index >= 15 is 0 Å². The van der Waals surface area contributed by atoms with E-state index in [-0.39, 0.29) is 18.8 Å². The van der Waals surface area contributed by atoms with E-state index in [1.165, 1.54) is 12.1 Å². The normalized spacial score (nSPS) is 11.1. The van der Waals surface area contributed by atoms with Crippen LogP contribution in [-0.4, -0.2) is 24.0 Å². The average Bonchev–Trinajstić information content (AvgIpc) is 2.19. The summed E-state index contributed by atoms with van der Waals surface area (Å²) in [5, 5.41) is 8.59. The van der Waals surface area contributed by atoms with Crippen molar-refractivity contribution in [3.8, 4) is 11.5 Å². The monoisotopic (exact) mass is 264 g/mol. The molecule has 0 saturated carbocycles. The van der Waals surface area contributed by atoms with E-state index in [1.54, 1.807) is 6.92 Å². The van der Waals surface area contributed by atoms with Crippen LogP contribution in [0.4, 0.5) is 13.2 Å². The van der Waals surface area contributed by atoms with Crippen LogP contribution in [0.25, 0.3) is 0 Å². The number of halogens is 3. The van der Waals surface area contributed by atoms with Crippen molar-refractivity contribution in [2.45, 2.75) is 19.7 Å². The maximum atomic E-state index is 12.1. The van der Waals surface area contributed by atoms with Crippen LogP contribution < -0.4 is 9.47 Å². The SMILES string of the molecule is CCOc1cc(CC(=O)O)ccc1OC(F)(F)F. The summed E-state index contributed by atoms with van der Waals surface area (Å²) in [5.74, 6) is -1.70. The third-order valence-corrected chi connectivity index (χ3v) is 1.89. The van der Waals surface area contributed by atoms with Crippen LogP contribution in [0.2, 0.25) is 0 Å². The first-order valence-corrected chi connectivity index (χ1v) is 5.05. The molecule has 0 unspecified atom stereocenters. The molecule has 0 saturated heterocycles. The van der Waals surface area contributed by atoms with Crippen LogP contribution in [0, 0.1) is 0 Å². The van der Waals surface area contributed by atoms with Crippen molar-refractivity contribution in [3.63, 3.8) is 0 Å². The predicted octanol–water partition coefficient (Wildman–Crippen LogP) is 2.61. The molecule has 0 aliphatic heterocycles. The maximum Gasteiger partial charge on any atom is 0.573 e. The molecule has 0 spiro atoms. The van der Waals surface area contributed by atoms with Crippen LogP contribution >= 0.6 is 0 Å². The molecular weight excluding hydrogens is 253 g/mol. The highest BCUT2D eigenvalue weighted by molar-refractivity contribution is 5.70. The van der Waals surface area contributed by atoms with Crippen molar-refractivity contribution < 1.29 is 32.5 Å². The Morgan fingerprint density at radius 3 is 2.50 bits per heavy atom. The summed E-state index contributed by atoms with van der Waals surface area (Å²) in [5.41, 5.74) is 0.334. The molecule has 100 valence electrons. The van der Waals surface area contributed by atoms with E-state index < -0.39 is 18.1 Å². The summed E-state index contributed by atoms with van der Waals surface area (Å²) >= 11 is 0. The van der Waals surface area contributed by atoms with Gasteiger partial charge in [0, 0.05) is 0 Å². The van der Waals surface area contributed by atoms with Crippen molar-refractivity contribution in [3.05, 3.63) is 23.8 Å². The van der Waals surface area contributed by atoms with Gasteiger partial charge in [-0.1, -0.05) is 6.07 Å². The minimum Gasteiger partial charge on any atom is -0.490 e. The molecule has 1 N–H and O–H groups in total. The molecule has 1 rings (SSSR count). The molecule has 0 fully saturated rings. The highest BCUT2D eigenvalue weighted by atomic mass is 19.4. The lowest BCUT2D eigenvalue weighted by Gasteiger charge is -2.14. The number of hydrogen-bond acceptors (Lipinski definition) is 3. The zero-order chi connectivity index (χ0) is 13.8. The summed E-state index contributed by atoms with van der Waals surface area (Å²) in [4.78, 5) is 10.5. The van der Waals surface area contributed by atoms with Gasteiger partial charge >= 0.3 is 12.3 Å². The molecule has 0 aliphatic carbocycles. The Hall–Kier alpha value is -1.92. The number of alkyl halides is 3. The van der Waals surface area contributed by atoms with Crippen LogP contribution in [0.3, 0.4) is 0 Å². The van der Waals surface area contributed by atoms with E-state index in [0.29, 0.717) is 5.56 Å². The number of rotatable bonds is 5. The first-order chi connectivity index (χ1) is 8.31. The fourth-order valence-corrected chi connectivity index (χ4v) is 1.31. The van der Waals surface area contributed by atoms with Gasteiger partial charge in [-0.15, -0.1) is 13.2 Å². The molecule has 1 aromatic rings. The molecular formula is C11H11F3O4. The van der Waals surface area contributed by atoms with Crippen LogP contribution in [-0.2, 0) is 11.2 Å². The first kappa shape index (κ1) is 14.1. The summed E-state index contributed by atoms with van der Waals surface area (Å²) in [7, 11) is 0. The number of aliphatic carboxylic acids is 1. The summed E-state index contributed by atoms with van der Waals surface area (Å²) in [6.07, 6.45) is -5.12. The Labute approximate surface area is 101 Å². The van der Waals surface area contributed by atoms with E-state index in [1.807, 2.05) is 0 Å². The Balaban J connectivity index is 3.00. The summed E-state index contributed by atoms with van der Waals surface area (Å²) < 4.78 is 45.1. The van der Waals surface area contributed by atoms with E-state index in [0.717, 1.165) is 6.07 Å². The molecule has 0 atom stereocenters. The predicted molar refractivity (Wildman–Crippen MR) is 55.6 cm³/mol. The third kappa shape index (κ3) is 4.52. The fraction of sp³-hybridized carbons (Fsp3) is 0.364. The van der Waals surface area contributed by atoms with Gasteiger partial charge in [-0.2, -0.15) is 0 Å². The zero-order valence-electron chi connectivity index (χ0n) is 9.45. The van der Waals surface area contributed by atoms with Gasteiger partial charge in [0.1, 0.15) is 0 Å². The molecule has 7 heteroatoms. The smallest absolute Gasteiger partial charge is 0.490 e. The summed E-state index contributed by atoms with van der Waals surface area (Å²) in [6.45, 7) is 1.74. The summed E-state index contributed by atoms with van der Waals surface area (Å²) in [6, 6.07) is 3.51. The van der Waals surface area contributed by atoms with E-state index in [4.69, 9.17) is 9.84 Å². The minimum absolute atomic E-state index is 0.131. The van der Waals surface area contributed by atoms with Crippen molar-refractivity contribution in [1.82, 2.24) is 0 Å². The lowest BCUT2D eigenvalue weighted by atomic mass is 10.1. The number of hydrogen-bond donors (Lipinski definition) is 1. The highest BCUT2D eigenvalue weighted by Crippen LogP contribution is 2.33. The standard InChI is InChI=1S/C11H11F3O4/c1-2-17-9-5-7(6-10(15)16)3-4-8(9)18-11(12,13)14/h3-5H,2,6H2,1H3,(H,15,16). The van der Waals surface area contributed by atoms with E-state index in [9.17, 15) is 18.0 Å². The first-order valence-electron chi connectivity index (χ1n) is 5.05. The highest BCUT2D eigenvalue weighted by Gasteiger charge is 2.32. The number of benzene rings is 1. The second-order valence-electron chi connectivity index (χ2n) is 3.33. The topological polar surface area (TPSA) is 55.8 Å². The van der Waals surface area contributed by atoms with Gasteiger partial charge in [0.05, 0.1) is 13.0 Å². The number of carbonyl (C=O) groups is 1. The molecule has 18 heavy (non-hydrogen) atoms. The number of carboxylic acid groups (broad SMARTS) is 1. The van der Waals surface area contributed by atoms with Crippen molar-refractivity contribution in [1.29, 1.82) is 0 Å². The molecule has 0 bridgehead atoms. The number of carboxylic acids is 1. The Kier molecular flexibility index (Phi) is 4.41. The van der Waals surface area contributed by atoms with Gasteiger partial charge in [0.15, 0.2) is 11.5 Å². The second-order valence-corrected chi connectivity index (χ2v) is 3.33. The average molecular weight is 264 g/mol. The molecule has 4 nitrogen and oxygen atoms in total. The van der Waals surface area contributed by atoms with Crippen molar-refractivity contribution >= 4 is 5.97 Å². The molecule has 0 aliphatic rings. The molecule has 0 aromatic heterocycles. The Morgan fingerprint density at radius 1 is 1.33 bits per heavy atom. The lowest BCUT2D eigenvalue weighted by molar-refractivity contribution is -0.275. The minimum atomic E-state index is -4.82.